The molecule has 0 fully saturated rings. The van der Waals surface area contributed by atoms with Crippen LogP contribution in [0.15, 0.2) is 102 Å². The molecule has 0 saturated heterocycles. The molecule has 0 radical (unpaired) electrons. The highest BCUT2D eigenvalue weighted by Crippen LogP contribution is 2.39. The van der Waals surface area contributed by atoms with Crippen LogP contribution < -0.4 is 0 Å². The van der Waals surface area contributed by atoms with Gasteiger partial charge in [0.15, 0.2) is 5.78 Å². The van der Waals surface area contributed by atoms with Gasteiger partial charge in [-0.15, -0.1) is 0 Å². The second-order valence-corrected chi connectivity index (χ2v) is 9.47. The molecule has 5 nitrogen and oxygen atoms in total. The third-order valence-electron chi connectivity index (χ3n) is 6.97. The Hall–Kier alpha value is -4.38. The minimum absolute atomic E-state index is 0.111. The van der Waals surface area contributed by atoms with Crippen molar-refractivity contribution < 1.29 is 19.4 Å². The number of hydrogen-bond acceptors (Lipinski definition) is 4. The summed E-state index contributed by atoms with van der Waals surface area (Å²) >= 11 is 0. The van der Waals surface area contributed by atoms with Gasteiger partial charge in [-0.2, -0.15) is 0 Å². The summed E-state index contributed by atoms with van der Waals surface area (Å²) in [6.07, 6.45) is 4.01. The van der Waals surface area contributed by atoms with Crippen LogP contribution in [0.5, 0.6) is 0 Å². The van der Waals surface area contributed by atoms with Crippen LogP contribution in [0.3, 0.4) is 0 Å². The predicted octanol–water partition coefficient (Wildman–Crippen LogP) is 7.12. The number of esters is 1. The lowest BCUT2D eigenvalue weighted by Gasteiger charge is -2.21. The second kappa shape index (κ2) is 11.3. The number of fused-ring (bicyclic) bond motifs is 1. The SMILES string of the molecule is CCOC(=O)/C1=C(c2ccccc2)/C(=C(\O)c2cn(Cc3ccccc3)c3ccccc23)C(=O)CCCC1. The molecule has 1 aliphatic rings. The van der Waals surface area contributed by atoms with Crippen molar-refractivity contribution in [2.45, 2.75) is 39.2 Å². The van der Waals surface area contributed by atoms with Crippen molar-refractivity contribution in [3.05, 3.63) is 119 Å². The smallest absolute Gasteiger partial charge is 0.334 e. The first-order valence-corrected chi connectivity index (χ1v) is 13.1. The number of nitrogens with zero attached hydrogens (tertiary/aromatic N) is 1. The second-order valence-electron chi connectivity index (χ2n) is 9.47. The Morgan fingerprint density at radius 1 is 0.895 bits per heavy atom. The molecule has 1 N–H and O–H groups in total. The number of carbonyl (C=O) groups excluding carboxylic acids is 2. The Labute approximate surface area is 222 Å². The van der Waals surface area contributed by atoms with E-state index in [0.717, 1.165) is 16.5 Å². The lowest BCUT2D eigenvalue weighted by Crippen LogP contribution is -2.17. The molecule has 1 heterocycles. The summed E-state index contributed by atoms with van der Waals surface area (Å²) in [7, 11) is 0. The van der Waals surface area contributed by atoms with Crippen molar-refractivity contribution in [1.29, 1.82) is 0 Å². The molecule has 0 spiro atoms. The maximum Gasteiger partial charge on any atom is 0.334 e. The van der Waals surface area contributed by atoms with Gasteiger partial charge in [0.2, 0.25) is 0 Å². The van der Waals surface area contributed by atoms with E-state index in [1.54, 1.807) is 6.92 Å². The van der Waals surface area contributed by atoms with Crippen LogP contribution in [0.25, 0.3) is 22.2 Å². The molecule has 0 saturated carbocycles. The molecular formula is C33H31NO4. The van der Waals surface area contributed by atoms with E-state index in [1.807, 2.05) is 79.0 Å². The van der Waals surface area contributed by atoms with E-state index in [0.29, 0.717) is 54.5 Å². The number of aliphatic hydroxyl groups excluding tert-OH is 1. The van der Waals surface area contributed by atoms with Gasteiger partial charge in [-0.1, -0.05) is 78.9 Å². The fourth-order valence-corrected chi connectivity index (χ4v) is 5.20. The van der Waals surface area contributed by atoms with E-state index in [4.69, 9.17) is 4.74 Å². The fraction of sp³-hybridized carbons (Fsp3) is 0.212. The Morgan fingerprint density at radius 2 is 1.55 bits per heavy atom. The number of benzene rings is 3. The Morgan fingerprint density at radius 3 is 2.29 bits per heavy atom. The molecule has 5 rings (SSSR count). The number of allylic oxidation sites excluding steroid dienone is 2. The standard InChI is InChI=1S/C33H31NO4/c1-2-38-33(37)26-18-10-12-20-29(35)31(30(26)24-15-7-4-8-16-24)32(36)27-22-34(21-23-13-5-3-6-14-23)28-19-11-9-17-25(27)28/h3-9,11,13-17,19,22,36H,2,10,12,18,20-21H2,1H3/b30-26+,32-31-. The summed E-state index contributed by atoms with van der Waals surface area (Å²) < 4.78 is 7.51. The van der Waals surface area contributed by atoms with E-state index in [2.05, 4.69) is 16.7 Å². The number of hydrogen-bond donors (Lipinski definition) is 1. The molecule has 1 aromatic heterocycles. The number of rotatable bonds is 6. The van der Waals surface area contributed by atoms with Gasteiger partial charge in [-0.05, 0) is 43.4 Å². The molecule has 1 aliphatic carbocycles. The summed E-state index contributed by atoms with van der Waals surface area (Å²) in [4.78, 5) is 26.9. The summed E-state index contributed by atoms with van der Waals surface area (Å²) in [5.74, 6) is -0.735. The van der Waals surface area contributed by atoms with Gasteiger partial charge in [-0.25, -0.2) is 4.79 Å². The molecule has 3 aromatic carbocycles. The average molecular weight is 506 g/mol. The Balaban J connectivity index is 1.77. The van der Waals surface area contributed by atoms with E-state index >= 15 is 0 Å². The lowest BCUT2D eigenvalue weighted by molar-refractivity contribution is -0.138. The van der Waals surface area contributed by atoms with Crippen molar-refractivity contribution in [1.82, 2.24) is 4.57 Å². The van der Waals surface area contributed by atoms with E-state index in [-0.39, 0.29) is 23.7 Å². The first-order valence-electron chi connectivity index (χ1n) is 13.1. The number of ether oxygens (including phenoxy) is 1. The number of aliphatic hydroxyl groups is 1. The first-order chi connectivity index (χ1) is 18.6. The van der Waals surface area contributed by atoms with Crippen molar-refractivity contribution >= 4 is 34.0 Å². The molecule has 5 heteroatoms. The maximum absolute atomic E-state index is 13.7. The van der Waals surface area contributed by atoms with Gasteiger partial charge in [0, 0.05) is 46.8 Å². The molecule has 0 aliphatic heterocycles. The van der Waals surface area contributed by atoms with Gasteiger partial charge < -0.3 is 14.4 Å². The van der Waals surface area contributed by atoms with Crippen LogP contribution in [0.2, 0.25) is 0 Å². The molecule has 0 unspecified atom stereocenters. The van der Waals surface area contributed by atoms with E-state index in [9.17, 15) is 14.7 Å². The minimum atomic E-state index is -0.446. The third kappa shape index (κ3) is 5.05. The molecular weight excluding hydrogens is 474 g/mol. The zero-order valence-electron chi connectivity index (χ0n) is 21.5. The predicted molar refractivity (Wildman–Crippen MR) is 151 cm³/mol. The largest absolute Gasteiger partial charge is 0.506 e. The van der Waals surface area contributed by atoms with Gasteiger partial charge >= 0.3 is 5.97 Å². The van der Waals surface area contributed by atoms with Crippen LogP contribution in [-0.2, 0) is 20.9 Å². The monoisotopic (exact) mass is 505 g/mol. The number of para-hydroxylation sites is 1. The van der Waals surface area contributed by atoms with Crippen LogP contribution >= 0.6 is 0 Å². The minimum Gasteiger partial charge on any atom is -0.506 e. The highest BCUT2D eigenvalue weighted by atomic mass is 16.5. The third-order valence-corrected chi connectivity index (χ3v) is 6.97. The molecule has 38 heavy (non-hydrogen) atoms. The highest BCUT2D eigenvalue weighted by Gasteiger charge is 2.30. The van der Waals surface area contributed by atoms with E-state index in [1.165, 1.54) is 0 Å². The van der Waals surface area contributed by atoms with E-state index < -0.39 is 5.97 Å². The molecule has 0 amide bonds. The molecule has 4 aromatic rings. The summed E-state index contributed by atoms with van der Waals surface area (Å²) in [6.45, 7) is 2.62. The number of Topliss-reactive ketones (excluding diaryl/α,β-unsaturated/α-hetero) is 1. The van der Waals surface area contributed by atoms with Crippen LogP contribution in [0, 0.1) is 0 Å². The highest BCUT2D eigenvalue weighted by molar-refractivity contribution is 6.20. The lowest BCUT2D eigenvalue weighted by atomic mass is 9.83. The van der Waals surface area contributed by atoms with Crippen LogP contribution in [0.1, 0.15) is 49.3 Å². The number of aromatic nitrogens is 1. The fourth-order valence-electron chi connectivity index (χ4n) is 5.20. The maximum atomic E-state index is 13.7. The quantitative estimate of drug-likeness (QED) is 0.172. The van der Waals surface area contributed by atoms with Gasteiger partial charge in [0.05, 0.1) is 12.2 Å². The number of carbonyl (C=O) groups is 2. The molecule has 192 valence electrons. The van der Waals surface area contributed by atoms with Crippen molar-refractivity contribution in [2.24, 2.45) is 0 Å². The van der Waals surface area contributed by atoms with Crippen molar-refractivity contribution in [2.75, 3.05) is 6.61 Å². The van der Waals surface area contributed by atoms with Gasteiger partial charge in [0.25, 0.3) is 0 Å². The first kappa shape index (κ1) is 25.3. The topological polar surface area (TPSA) is 68.5 Å². The van der Waals surface area contributed by atoms with Crippen LogP contribution in [-0.4, -0.2) is 28.0 Å². The zero-order chi connectivity index (χ0) is 26.5. The van der Waals surface area contributed by atoms with Crippen molar-refractivity contribution in [3.63, 3.8) is 0 Å². The summed E-state index contributed by atoms with van der Waals surface area (Å²) in [5, 5.41) is 12.8. The van der Waals surface area contributed by atoms with Gasteiger partial charge in [0.1, 0.15) is 5.76 Å². The normalized spacial score (nSPS) is 17.7. The van der Waals surface area contributed by atoms with Crippen LogP contribution in [0.4, 0.5) is 0 Å². The van der Waals surface area contributed by atoms with Crippen molar-refractivity contribution in [3.8, 4) is 0 Å². The molecule has 0 atom stereocenters. The Kier molecular flexibility index (Phi) is 7.55. The number of ketones is 1. The van der Waals surface area contributed by atoms with Gasteiger partial charge in [-0.3, -0.25) is 4.79 Å². The Bertz CT molecular complexity index is 1530. The average Bonchev–Trinajstić information content (AvgIpc) is 3.30. The zero-order valence-corrected chi connectivity index (χ0v) is 21.5. The molecule has 0 bridgehead atoms. The summed E-state index contributed by atoms with van der Waals surface area (Å²) in [5.41, 5.74) is 4.43. The summed E-state index contributed by atoms with van der Waals surface area (Å²) in [6, 6.07) is 27.3.